The second kappa shape index (κ2) is 4.97. The number of nitrogens with two attached hydrogens (primary N) is 1. The third kappa shape index (κ3) is 2.60. The number of rotatable bonds is 2. The predicted molar refractivity (Wildman–Crippen MR) is 73.3 cm³/mol. The second-order valence-corrected chi connectivity index (χ2v) is 4.51. The summed E-state index contributed by atoms with van der Waals surface area (Å²) in [5.74, 6) is -1.78. The van der Waals surface area contributed by atoms with Crippen molar-refractivity contribution in [1.29, 1.82) is 0 Å². The summed E-state index contributed by atoms with van der Waals surface area (Å²) < 4.78 is 40.9. The average Bonchev–Trinajstić information content (AvgIpc) is 2.80. The zero-order valence-electron chi connectivity index (χ0n) is 10.7. The molecule has 0 fully saturated rings. The molecule has 2 aromatic carbocycles. The Morgan fingerprint density at radius 3 is 2.10 bits per heavy atom. The van der Waals surface area contributed by atoms with Gasteiger partial charge in [-0.05, 0) is 36.4 Å². The van der Waals surface area contributed by atoms with Crippen molar-refractivity contribution in [3.8, 4) is 16.9 Å². The molecular weight excluding hydrogens is 279 g/mol. The SMILES string of the molecule is Nc1cn(-c2ccc(F)cc2)nc1-c1cc(F)cc(F)c1. The number of aromatic nitrogens is 2. The fourth-order valence-electron chi connectivity index (χ4n) is 2.03. The Balaban J connectivity index is 2.07. The van der Waals surface area contributed by atoms with Gasteiger partial charge in [-0.15, -0.1) is 0 Å². The van der Waals surface area contributed by atoms with E-state index in [1.54, 1.807) is 0 Å². The van der Waals surface area contributed by atoms with Gasteiger partial charge < -0.3 is 5.73 Å². The molecule has 21 heavy (non-hydrogen) atoms. The van der Waals surface area contributed by atoms with E-state index in [1.165, 1.54) is 35.1 Å². The topological polar surface area (TPSA) is 43.8 Å². The number of nitrogen functional groups attached to an aromatic ring is 1. The minimum atomic E-state index is -0.708. The van der Waals surface area contributed by atoms with Gasteiger partial charge in [0.25, 0.3) is 0 Å². The normalized spacial score (nSPS) is 10.8. The average molecular weight is 289 g/mol. The first-order valence-corrected chi connectivity index (χ1v) is 6.10. The molecule has 6 heteroatoms. The molecule has 0 saturated carbocycles. The molecule has 0 aliphatic carbocycles. The quantitative estimate of drug-likeness (QED) is 0.784. The Kier molecular flexibility index (Phi) is 3.13. The van der Waals surface area contributed by atoms with Crippen molar-refractivity contribution in [2.75, 3.05) is 5.73 Å². The standard InChI is InChI=1S/C15H10F3N3/c16-10-1-3-13(4-2-10)21-8-14(19)15(20-21)9-5-11(17)7-12(18)6-9/h1-8H,19H2. The van der Waals surface area contributed by atoms with Crippen molar-refractivity contribution in [3.63, 3.8) is 0 Å². The molecule has 0 bridgehead atoms. The van der Waals surface area contributed by atoms with Gasteiger partial charge >= 0.3 is 0 Å². The van der Waals surface area contributed by atoms with Crippen molar-refractivity contribution < 1.29 is 13.2 Å². The van der Waals surface area contributed by atoms with Crippen LogP contribution in [0, 0.1) is 17.5 Å². The Bertz CT molecular complexity index is 774. The summed E-state index contributed by atoms with van der Waals surface area (Å²) in [6.45, 7) is 0. The van der Waals surface area contributed by atoms with Crippen LogP contribution in [-0.2, 0) is 0 Å². The molecule has 0 atom stereocenters. The Morgan fingerprint density at radius 2 is 1.48 bits per heavy atom. The number of hydrogen-bond acceptors (Lipinski definition) is 2. The molecule has 1 aromatic heterocycles. The van der Waals surface area contributed by atoms with Crippen molar-refractivity contribution in [3.05, 3.63) is 66.1 Å². The van der Waals surface area contributed by atoms with Crippen LogP contribution in [-0.4, -0.2) is 9.78 Å². The van der Waals surface area contributed by atoms with Gasteiger partial charge in [-0.3, -0.25) is 0 Å². The number of hydrogen-bond donors (Lipinski definition) is 1. The van der Waals surface area contributed by atoms with E-state index >= 15 is 0 Å². The molecule has 3 rings (SSSR count). The van der Waals surface area contributed by atoms with Crippen LogP contribution in [0.1, 0.15) is 0 Å². The van der Waals surface area contributed by atoms with Crippen LogP contribution in [0.25, 0.3) is 16.9 Å². The van der Waals surface area contributed by atoms with E-state index < -0.39 is 11.6 Å². The molecule has 106 valence electrons. The molecule has 3 aromatic rings. The van der Waals surface area contributed by atoms with Crippen LogP contribution in [0.4, 0.5) is 18.9 Å². The maximum atomic E-state index is 13.3. The third-order valence-corrected chi connectivity index (χ3v) is 2.97. The van der Waals surface area contributed by atoms with E-state index in [0.29, 0.717) is 5.69 Å². The monoisotopic (exact) mass is 289 g/mol. The summed E-state index contributed by atoms with van der Waals surface area (Å²) in [4.78, 5) is 0. The predicted octanol–water partition coefficient (Wildman–Crippen LogP) is 3.54. The third-order valence-electron chi connectivity index (χ3n) is 2.97. The summed E-state index contributed by atoms with van der Waals surface area (Å²) in [6.07, 6.45) is 1.51. The summed E-state index contributed by atoms with van der Waals surface area (Å²) >= 11 is 0. The first-order chi connectivity index (χ1) is 10.0. The molecule has 2 N–H and O–H groups in total. The van der Waals surface area contributed by atoms with Gasteiger partial charge in [-0.1, -0.05) is 0 Å². The van der Waals surface area contributed by atoms with Gasteiger partial charge in [0, 0.05) is 11.6 Å². The molecule has 0 spiro atoms. The molecule has 0 unspecified atom stereocenters. The lowest BCUT2D eigenvalue weighted by molar-refractivity contribution is 0.584. The first kappa shape index (κ1) is 13.2. The Morgan fingerprint density at radius 1 is 0.857 bits per heavy atom. The Labute approximate surface area is 118 Å². The summed E-state index contributed by atoms with van der Waals surface area (Å²) in [5.41, 5.74) is 7.20. The van der Waals surface area contributed by atoms with E-state index in [2.05, 4.69) is 5.10 Å². The minimum absolute atomic E-state index is 0.242. The van der Waals surface area contributed by atoms with Crippen molar-refractivity contribution in [2.24, 2.45) is 0 Å². The lowest BCUT2D eigenvalue weighted by atomic mass is 10.1. The highest BCUT2D eigenvalue weighted by molar-refractivity contribution is 5.72. The minimum Gasteiger partial charge on any atom is -0.396 e. The molecule has 0 radical (unpaired) electrons. The van der Waals surface area contributed by atoms with Crippen LogP contribution in [0.2, 0.25) is 0 Å². The van der Waals surface area contributed by atoms with Crippen molar-refractivity contribution >= 4 is 5.69 Å². The van der Waals surface area contributed by atoms with E-state index in [0.717, 1.165) is 18.2 Å². The highest BCUT2D eigenvalue weighted by Crippen LogP contribution is 2.26. The van der Waals surface area contributed by atoms with Crippen molar-refractivity contribution in [1.82, 2.24) is 9.78 Å². The lowest BCUT2D eigenvalue weighted by Crippen LogP contribution is -1.95. The van der Waals surface area contributed by atoms with Gasteiger partial charge in [0.15, 0.2) is 0 Å². The zero-order chi connectivity index (χ0) is 15.0. The second-order valence-electron chi connectivity index (χ2n) is 4.51. The molecule has 0 saturated heterocycles. The van der Waals surface area contributed by atoms with Gasteiger partial charge in [0.2, 0.25) is 0 Å². The number of halogens is 3. The van der Waals surface area contributed by atoms with Crippen LogP contribution in [0.3, 0.4) is 0 Å². The summed E-state index contributed by atoms with van der Waals surface area (Å²) in [5, 5.41) is 4.20. The fraction of sp³-hybridized carbons (Fsp3) is 0. The maximum absolute atomic E-state index is 13.3. The van der Waals surface area contributed by atoms with Crippen LogP contribution in [0.5, 0.6) is 0 Å². The highest BCUT2D eigenvalue weighted by atomic mass is 19.1. The van der Waals surface area contributed by atoms with Crippen molar-refractivity contribution in [2.45, 2.75) is 0 Å². The largest absolute Gasteiger partial charge is 0.396 e. The van der Waals surface area contributed by atoms with Crippen LogP contribution in [0.15, 0.2) is 48.7 Å². The first-order valence-electron chi connectivity index (χ1n) is 6.10. The van der Waals surface area contributed by atoms with E-state index in [1.807, 2.05) is 0 Å². The maximum Gasteiger partial charge on any atom is 0.126 e. The highest BCUT2D eigenvalue weighted by Gasteiger charge is 2.12. The van der Waals surface area contributed by atoms with Gasteiger partial charge in [-0.2, -0.15) is 5.10 Å². The Hall–Kier alpha value is -2.76. The zero-order valence-corrected chi connectivity index (χ0v) is 10.7. The van der Waals surface area contributed by atoms with E-state index in [9.17, 15) is 13.2 Å². The summed E-state index contributed by atoms with van der Waals surface area (Å²) in [7, 11) is 0. The van der Waals surface area contributed by atoms with Gasteiger partial charge in [0.05, 0.1) is 17.6 Å². The van der Waals surface area contributed by atoms with Gasteiger partial charge in [0.1, 0.15) is 23.1 Å². The molecule has 1 heterocycles. The van der Waals surface area contributed by atoms with E-state index in [-0.39, 0.29) is 22.8 Å². The molecular formula is C15H10F3N3. The summed E-state index contributed by atoms with van der Waals surface area (Å²) in [6, 6.07) is 8.70. The molecule has 0 aliphatic heterocycles. The molecule has 0 aliphatic rings. The van der Waals surface area contributed by atoms with Crippen LogP contribution < -0.4 is 5.73 Å². The molecule has 0 amide bonds. The van der Waals surface area contributed by atoms with E-state index in [4.69, 9.17) is 5.73 Å². The lowest BCUT2D eigenvalue weighted by Gasteiger charge is -2.01. The van der Waals surface area contributed by atoms with Crippen LogP contribution >= 0.6 is 0 Å². The smallest absolute Gasteiger partial charge is 0.126 e. The molecule has 3 nitrogen and oxygen atoms in total. The fourth-order valence-corrected chi connectivity index (χ4v) is 2.03. The van der Waals surface area contributed by atoms with Gasteiger partial charge in [-0.25, -0.2) is 17.9 Å². The number of anilines is 1. The number of benzene rings is 2. The number of nitrogens with zero attached hydrogens (tertiary/aromatic N) is 2.